The Morgan fingerprint density at radius 3 is 2.50 bits per heavy atom. The molecule has 142 valence electrons. The maximum Gasteiger partial charge on any atom is 0.410 e. The average molecular weight is 358 g/mol. The van der Waals surface area contributed by atoms with E-state index < -0.39 is 5.60 Å². The van der Waals surface area contributed by atoms with Crippen LogP contribution in [0.4, 0.5) is 10.5 Å². The van der Waals surface area contributed by atoms with Gasteiger partial charge >= 0.3 is 6.09 Å². The van der Waals surface area contributed by atoms with Crippen LogP contribution in [0.1, 0.15) is 57.6 Å². The number of aryl methyl sites for hydroxylation is 1. The van der Waals surface area contributed by atoms with Crippen LogP contribution in [0.2, 0.25) is 0 Å². The maximum atomic E-state index is 12.7. The SMILES string of the molecule is CC(C)(C)OC(=O)N1CCC(C(=O)Nc2cccc3c2CCCC3)CC1. The zero-order chi connectivity index (χ0) is 18.7. The third kappa shape index (κ3) is 4.57. The Labute approximate surface area is 156 Å². The molecule has 0 bridgehead atoms. The molecule has 3 rings (SSSR count). The van der Waals surface area contributed by atoms with Gasteiger partial charge in [0.25, 0.3) is 0 Å². The van der Waals surface area contributed by atoms with Gasteiger partial charge in [-0.2, -0.15) is 0 Å². The minimum absolute atomic E-state index is 0.0480. The number of rotatable bonds is 2. The summed E-state index contributed by atoms with van der Waals surface area (Å²) in [6.45, 7) is 6.74. The molecule has 0 saturated carbocycles. The molecule has 1 aromatic rings. The first kappa shape index (κ1) is 18.7. The van der Waals surface area contributed by atoms with Crippen molar-refractivity contribution in [3.63, 3.8) is 0 Å². The van der Waals surface area contributed by atoms with Crippen LogP contribution < -0.4 is 5.32 Å². The lowest BCUT2D eigenvalue weighted by Gasteiger charge is -2.33. The molecule has 1 fully saturated rings. The Balaban J connectivity index is 1.55. The summed E-state index contributed by atoms with van der Waals surface area (Å²) < 4.78 is 5.42. The second-order valence-electron chi connectivity index (χ2n) is 8.38. The molecule has 1 aromatic carbocycles. The Morgan fingerprint density at radius 1 is 1.12 bits per heavy atom. The predicted molar refractivity (Wildman–Crippen MR) is 102 cm³/mol. The molecule has 5 nitrogen and oxygen atoms in total. The molecule has 1 heterocycles. The molecule has 2 aliphatic rings. The monoisotopic (exact) mass is 358 g/mol. The molecule has 0 unspecified atom stereocenters. The van der Waals surface area contributed by atoms with E-state index >= 15 is 0 Å². The lowest BCUT2D eigenvalue weighted by Crippen LogP contribution is -2.43. The highest BCUT2D eigenvalue weighted by molar-refractivity contribution is 5.93. The average Bonchev–Trinajstić information content (AvgIpc) is 2.61. The Morgan fingerprint density at radius 2 is 1.81 bits per heavy atom. The molecular formula is C21H30N2O3. The van der Waals surface area contributed by atoms with Crippen molar-refractivity contribution in [1.82, 2.24) is 4.90 Å². The fourth-order valence-corrected chi connectivity index (χ4v) is 3.78. The number of ether oxygens (including phenoxy) is 1. The van der Waals surface area contributed by atoms with Gasteiger partial charge in [0.1, 0.15) is 5.60 Å². The largest absolute Gasteiger partial charge is 0.444 e. The molecule has 0 radical (unpaired) electrons. The summed E-state index contributed by atoms with van der Waals surface area (Å²) in [7, 11) is 0. The molecule has 5 heteroatoms. The van der Waals surface area contributed by atoms with Gasteiger partial charge in [-0.15, -0.1) is 0 Å². The number of hydrogen-bond donors (Lipinski definition) is 1. The Hall–Kier alpha value is -2.04. The summed E-state index contributed by atoms with van der Waals surface area (Å²) in [6, 6.07) is 6.21. The van der Waals surface area contributed by atoms with Gasteiger partial charge in [-0.3, -0.25) is 4.79 Å². The highest BCUT2D eigenvalue weighted by atomic mass is 16.6. The summed E-state index contributed by atoms with van der Waals surface area (Å²) in [6.07, 6.45) is 5.64. The zero-order valence-corrected chi connectivity index (χ0v) is 16.1. The minimum Gasteiger partial charge on any atom is -0.444 e. The van der Waals surface area contributed by atoms with E-state index in [-0.39, 0.29) is 17.9 Å². The molecule has 2 amide bonds. The summed E-state index contributed by atoms with van der Waals surface area (Å²) in [5, 5.41) is 3.15. The first-order chi connectivity index (χ1) is 12.3. The molecule has 26 heavy (non-hydrogen) atoms. The number of carbonyl (C=O) groups is 2. The van der Waals surface area contributed by atoms with E-state index in [1.807, 2.05) is 32.9 Å². The van der Waals surface area contributed by atoms with Crippen LogP contribution >= 0.6 is 0 Å². The number of anilines is 1. The van der Waals surface area contributed by atoms with Gasteiger partial charge < -0.3 is 15.0 Å². The van der Waals surface area contributed by atoms with Crippen molar-refractivity contribution in [1.29, 1.82) is 0 Å². The van der Waals surface area contributed by atoms with Crippen molar-refractivity contribution >= 4 is 17.7 Å². The lowest BCUT2D eigenvalue weighted by atomic mass is 9.90. The number of nitrogens with one attached hydrogen (secondary N) is 1. The van der Waals surface area contributed by atoms with Gasteiger partial charge in [0, 0.05) is 24.7 Å². The van der Waals surface area contributed by atoms with E-state index in [9.17, 15) is 9.59 Å². The summed E-state index contributed by atoms with van der Waals surface area (Å²) >= 11 is 0. The van der Waals surface area contributed by atoms with Gasteiger partial charge in [0.05, 0.1) is 0 Å². The van der Waals surface area contributed by atoms with E-state index in [2.05, 4.69) is 11.4 Å². The molecule has 0 spiro atoms. The summed E-state index contributed by atoms with van der Waals surface area (Å²) in [5.74, 6) is 0.0287. The van der Waals surface area contributed by atoms with Crippen LogP contribution in [0.5, 0.6) is 0 Å². The van der Waals surface area contributed by atoms with Crippen molar-refractivity contribution in [2.75, 3.05) is 18.4 Å². The minimum atomic E-state index is -0.488. The van der Waals surface area contributed by atoms with Gasteiger partial charge in [-0.25, -0.2) is 4.79 Å². The molecule has 1 aliphatic carbocycles. The first-order valence-electron chi connectivity index (χ1n) is 9.73. The van der Waals surface area contributed by atoms with Crippen LogP contribution in [0.25, 0.3) is 0 Å². The van der Waals surface area contributed by atoms with E-state index in [0.717, 1.165) is 18.5 Å². The van der Waals surface area contributed by atoms with Crippen molar-refractivity contribution < 1.29 is 14.3 Å². The third-order valence-electron chi connectivity index (χ3n) is 5.17. The van der Waals surface area contributed by atoms with Gasteiger partial charge in [-0.1, -0.05) is 12.1 Å². The van der Waals surface area contributed by atoms with Gasteiger partial charge in [0.15, 0.2) is 0 Å². The van der Waals surface area contributed by atoms with E-state index in [4.69, 9.17) is 4.74 Å². The van der Waals surface area contributed by atoms with Crippen LogP contribution in [0.3, 0.4) is 0 Å². The molecule has 1 aliphatic heterocycles. The predicted octanol–water partition coefficient (Wildman–Crippen LogP) is 4.15. The number of piperidine rings is 1. The number of hydrogen-bond acceptors (Lipinski definition) is 3. The normalized spacial score (nSPS) is 18.2. The van der Waals surface area contributed by atoms with Gasteiger partial charge in [0.2, 0.25) is 5.91 Å². The van der Waals surface area contributed by atoms with Crippen molar-refractivity contribution in [3.05, 3.63) is 29.3 Å². The summed E-state index contributed by atoms with van der Waals surface area (Å²) in [5.41, 5.74) is 3.16. The number of likely N-dealkylation sites (tertiary alicyclic amines) is 1. The fraction of sp³-hybridized carbons (Fsp3) is 0.619. The maximum absolute atomic E-state index is 12.7. The van der Waals surface area contributed by atoms with E-state index in [0.29, 0.717) is 25.9 Å². The van der Waals surface area contributed by atoms with Crippen LogP contribution in [0, 0.1) is 5.92 Å². The number of amides is 2. The fourth-order valence-electron chi connectivity index (χ4n) is 3.78. The van der Waals surface area contributed by atoms with Crippen LogP contribution in [-0.2, 0) is 22.4 Å². The van der Waals surface area contributed by atoms with Crippen LogP contribution in [-0.4, -0.2) is 35.6 Å². The molecular weight excluding hydrogens is 328 g/mol. The molecule has 0 aromatic heterocycles. The van der Waals surface area contributed by atoms with E-state index in [1.165, 1.54) is 24.0 Å². The number of benzene rings is 1. The van der Waals surface area contributed by atoms with Gasteiger partial charge in [-0.05, 0) is 76.5 Å². The molecule has 1 saturated heterocycles. The smallest absolute Gasteiger partial charge is 0.410 e. The van der Waals surface area contributed by atoms with Crippen molar-refractivity contribution in [3.8, 4) is 0 Å². The lowest BCUT2D eigenvalue weighted by molar-refractivity contribution is -0.121. The second-order valence-corrected chi connectivity index (χ2v) is 8.38. The topological polar surface area (TPSA) is 58.6 Å². The second kappa shape index (κ2) is 7.68. The highest BCUT2D eigenvalue weighted by Crippen LogP contribution is 2.29. The van der Waals surface area contributed by atoms with Crippen molar-refractivity contribution in [2.45, 2.75) is 64.9 Å². The van der Waals surface area contributed by atoms with Crippen LogP contribution in [0.15, 0.2) is 18.2 Å². The number of fused-ring (bicyclic) bond motifs is 1. The third-order valence-corrected chi connectivity index (χ3v) is 5.17. The molecule has 1 N–H and O–H groups in total. The van der Waals surface area contributed by atoms with Crippen molar-refractivity contribution in [2.24, 2.45) is 5.92 Å². The molecule has 0 atom stereocenters. The quantitative estimate of drug-likeness (QED) is 0.864. The standard InChI is InChI=1S/C21H30N2O3/c1-21(2,3)26-20(25)23-13-11-16(12-14-23)19(24)22-18-10-6-8-15-7-4-5-9-17(15)18/h6,8,10,16H,4-5,7,9,11-14H2,1-3H3,(H,22,24). The number of carbonyl (C=O) groups excluding carboxylic acids is 2. The summed E-state index contributed by atoms with van der Waals surface area (Å²) in [4.78, 5) is 26.6. The zero-order valence-electron chi connectivity index (χ0n) is 16.1. The number of nitrogens with zero attached hydrogens (tertiary/aromatic N) is 1. The van der Waals surface area contributed by atoms with E-state index in [1.54, 1.807) is 4.90 Å². The highest BCUT2D eigenvalue weighted by Gasteiger charge is 2.30. The first-order valence-corrected chi connectivity index (χ1v) is 9.73. The Bertz CT molecular complexity index is 670. The Kier molecular flexibility index (Phi) is 5.54.